The Bertz CT molecular complexity index is 1540. The van der Waals surface area contributed by atoms with E-state index in [9.17, 15) is 13.6 Å². The molecule has 0 radical (unpaired) electrons. The number of piperidine rings is 1. The van der Waals surface area contributed by atoms with Crippen LogP contribution in [0.5, 0.6) is 5.88 Å². The highest BCUT2D eigenvalue weighted by Crippen LogP contribution is 2.37. The van der Waals surface area contributed by atoms with Gasteiger partial charge in [-0.3, -0.25) is 4.79 Å². The largest absolute Gasteiger partial charge is 0.417 e. The maximum atomic E-state index is 15.5. The maximum absolute atomic E-state index is 15.5. The first-order valence-corrected chi connectivity index (χ1v) is 12.9. The van der Waals surface area contributed by atoms with Crippen LogP contribution < -0.4 is 10.5 Å². The van der Waals surface area contributed by atoms with Gasteiger partial charge < -0.3 is 24.5 Å². The number of rotatable bonds is 6. The zero-order chi connectivity index (χ0) is 26.7. The van der Waals surface area contributed by atoms with Crippen LogP contribution in [-0.4, -0.2) is 55.1 Å². The number of likely N-dealkylation sites (tertiary alicyclic amines) is 1. The summed E-state index contributed by atoms with van der Waals surface area (Å²) in [6.07, 6.45) is 3.78. The van der Waals surface area contributed by atoms with Crippen LogP contribution in [0, 0.1) is 11.7 Å². The standard InChI is InChI=1S/C27H29F3N6O2/c1-14-3-7-18(31)13-35(14)26(37)17-9-19(28)23-20(10-17)32-25(34(23)2)21-11-16-6-8-22(38-27(29)30)33-24(16)36(21)12-15-4-5-15/h6,8-11,14-15,18,27H,3-5,7,12-13,31H2,1-2H3. The molecule has 1 saturated carbocycles. The van der Waals surface area contributed by atoms with E-state index in [-0.39, 0.29) is 35.0 Å². The fraction of sp³-hybridized carbons (Fsp3) is 0.444. The number of nitrogens with two attached hydrogens (primary N) is 1. The number of hydrogen-bond acceptors (Lipinski definition) is 5. The number of pyridine rings is 1. The van der Waals surface area contributed by atoms with Gasteiger partial charge in [-0.15, -0.1) is 0 Å². The molecule has 6 rings (SSSR count). The fourth-order valence-electron chi connectivity index (χ4n) is 5.43. The number of imidazole rings is 1. The summed E-state index contributed by atoms with van der Waals surface area (Å²) >= 11 is 0. The molecule has 1 amide bonds. The number of fused-ring (bicyclic) bond motifs is 2. The van der Waals surface area contributed by atoms with Crippen molar-refractivity contribution in [1.82, 2.24) is 24.0 Å². The van der Waals surface area contributed by atoms with Gasteiger partial charge in [0.05, 0.1) is 11.2 Å². The van der Waals surface area contributed by atoms with Gasteiger partial charge in [-0.05, 0) is 62.8 Å². The second-order valence-corrected chi connectivity index (χ2v) is 10.5. The second kappa shape index (κ2) is 9.30. The Labute approximate surface area is 217 Å². The van der Waals surface area contributed by atoms with E-state index >= 15 is 4.39 Å². The summed E-state index contributed by atoms with van der Waals surface area (Å²) in [6, 6.07) is 7.76. The Morgan fingerprint density at radius 1 is 1.16 bits per heavy atom. The van der Waals surface area contributed by atoms with Gasteiger partial charge in [-0.2, -0.15) is 13.8 Å². The minimum atomic E-state index is -2.98. The van der Waals surface area contributed by atoms with Crippen LogP contribution in [0.4, 0.5) is 13.2 Å². The topological polar surface area (TPSA) is 91.2 Å². The summed E-state index contributed by atoms with van der Waals surface area (Å²) in [5, 5.41) is 0.737. The van der Waals surface area contributed by atoms with Crippen molar-refractivity contribution >= 4 is 28.0 Å². The lowest BCUT2D eigenvalue weighted by Gasteiger charge is -2.36. The van der Waals surface area contributed by atoms with Crippen molar-refractivity contribution in [3.8, 4) is 17.4 Å². The van der Waals surface area contributed by atoms with Crippen LogP contribution in [0.1, 0.15) is 43.0 Å². The van der Waals surface area contributed by atoms with Gasteiger partial charge in [0.15, 0.2) is 5.82 Å². The van der Waals surface area contributed by atoms with Crippen LogP contribution in [0.25, 0.3) is 33.6 Å². The van der Waals surface area contributed by atoms with Gasteiger partial charge >= 0.3 is 6.61 Å². The van der Waals surface area contributed by atoms with Crippen molar-refractivity contribution in [3.05, 3.63) is 41.7 Å². The van der Waals surface area contributed by atoms with E-state index in [1.807, 2.05) is 17.6 Å². The number of halogens is 3. The molecule has 200 valence electrons. The predicted octanol–water partition coefficient (Wildman–Crippen LogP) is 4.69. The molecule has 0 bridgehead atoms. The molecule has 2 N–H and O–H groups in total. The lowest BCUT2D eigenvalue weighted by molar-refractivity contribution is -0.0526. The first-order chi connectivity index (χ1) is 18.2. The highest BCUT2D eigenvalue weighted by atomic mass is 19.3. The molecule has 4 aromatic rings. The van der Waals surface area contributed by atoms with Crippen molar-refractivity contribution < 1.29 is 22.7 Å². The first-order valence-electron chi connectivity index (χ1n) is 12.9. The van der Waals surface area contributed by atoms with Crippen molar-refractivity contribution in [1.29, 1.82) is 0 Å². The molecule has 2 atom stereocenters. The summed E-state index contributed by atoms with van der Waals surface area (Å²) in [5.41, 5.74) is 8.15. The van der Waals surface area contributed by atoms with E-state index in [4.69, 9.17) is 10.7 Å². The fourth-order valence-corrected chi connectivity index (χ4v) is 5.43. The van der Waals surface area contributed by atoms with E-state index in [0.717, 1.165) is 31.1 Å². The number of ether oxygens (including phenoxy) is 1. The summed E-state index contributed by atoms with van der Waals surface area (Å²) in [5.74, 6) is -0.0396. The third kappa shape index (κ3) is 4.38. The molecule has 3 aromatic heterocycles. The third-order valence-electron chi connectivity index (χ3n) is 7.64. The molecule has 2 unspecified atom stereocenters. The van der Waals surface area contributed by atoms with Crippen molar-refractivity contribution in [2.24, 2.45) is 18.7 Å². The molecule has 4 heterocycles. The van der Waals surface area contributed by atoms with E-state index in [2.05, 4.69) is 9.72 Å². The van der Waals surface area contributed by atoms with E-state index in [1.165, 1.54) is 12.1 Å². The van der Waals surface area contributed by atoms with E-state index in [0.29, 0.717) is 41.7 Å². The molecule has 1 aliphatic heterocycles. The van der Waals surface area contributed by atoms with E-state index in [1.54, 1.807) is 28.6 Å². The number of amides is 1. The number of aromatic nitrogens is 4. The van der Waals surface area contributed by atoms with Gasteiger partial charge in [0.2, 0.25) is 5.88 Å². The first kappa shape index (κ1) is 24.7. The SMILES string of the molecule is CC1CCC(N)CN1C(=O)c1cc(F)c2c(c1)nc(-c1cc3ccc(OC(F)F)nc3n1CC1CC1)n2C. The van der Waals surface area contributed by atoms with Crippen molar-refractivity contribution in [2.75, 3.05) is 6.54 Å². The van der Waals surface area contributed by atoms with Gasteiger partial charge in [0.25, 0.3) is 5.91 Å². The monoisotopic (exact) mass is 526 g/mol. The minimum Gasteiger partial charge on any atom is -0.417 e. The Kier molecular flexibility index (Phi) is 6.05. The second-order valence-electron chi connectivity index (χ2n) is 10.5. The van der Waals surface area contributed by atoms with Crippen molar-refractivity contribution in [3.63, 3.8) is 0 Å². The van der Waals surface area contributed by atoms with Gasteiger partial charge in [0, 0.05) is 49.2 Å². The molecule has 1 aliphatic carbocycles. The molecule has 1 saturated heterocycles. The zero-order valence-electron chi connectivity index (χ0n) is 21.2. The Morgan fingerprint density at radius 3 is 2.68 bits per heavy atom. The van der Waals surface area contributed by atoms with Crippen LogP contribution in [0.2, 0.25) is 0 Å². The van der Waals surface area contributed by atoms with Crippen LogP contribution >= 0.6 is 0 Å². The quantitative estimate of drug-likeness (QED) is 0.394. The number of alkyl halides is 2. The van der Waals surface area contributed by atoms with Crippen LogP contribution in [-0.2, 0) is 13.6 Å². The normalized spacial score (nSPS) is 20.1. The number of carbonyl (C=O) groups excluding carboxylic acids is 1. The Morgan fingerprint density at radius 2 is 1.95 bits per heavy atom. The number of hydrogen-bond donors (Lipinski definition) is 1. The maximum Gasteiger partial charge on any atom is 0.388 e. The molecule has 2 fully saturated rings. The van der Waals surface area contributed by atoms with Gasteiger partial charge in [0.1, 0.15) is 17.0 Å². The van der Waals surface area contributed by atoms with Crippen molar-refractivity contribution in [2.45, 2.75) is 57.8 Å². The highest BCUT2D eigenvalue weighted by molar-refractivity contribution is 5.98. The van der Waals surface area contributed by atoms with Crippen LogP contribution in [0.15, 0.2) is 30.3 Å². The molecular formula is C27H29F3N6O2. The summed E-state index contributed by atoms with van der Waals surface area (Å²) in [7, 11) is 1.72. The molecule has 1 aromatic carbocycles. The number of carbonyl (C=O) groups is 1. The minimum absolute atomic E-state index is 0.0184. The number of benzene rings is 1. The van der Waals surface area contributed by atoms with Crippen LogP contribution in [0.3, 0.4) is 0 Å². The molecular weight excluding hydrogens is 497 g/mol. The Balaban J connectivity index is 1.44. The lowest BCUT2D eigenvalue weighted by atomic mass is 9.99. The number of nitrogens with zero attached hydrogens (tertiary/aromatic N) is 5. The third-order valence-corrected chi connectivity index (χ3v) is 7.64. The molecule has 38 heavy (non-hydrogen) atoms. The molecule has 2 aliphatic rings. The summed E-state index contributed by atoms with van der Waals surface area (Å²) in [4.78, 5) is 24.1. The molecule has 0 spiro atoms. The molecule has 8 nitrogen and oxygen atoms in total. The smallest absolute Gasteiger partial charge is 0.388 e. The summed E-state index contributed by atoms with van der Waals surface area (Å²) in [6.45, 7) is 0.0577. The predicted molar refractivity (Wildman–Crippen MR) is 136 cm³/mol. The lowest BCUT2D eigenvalue weighted by Crippen LogP contribution is -2.50. The van der Waals surface area contributed by atoms with Gasteiger partial charge in [-0.25, -0.2) is 9.37 Å². The average Bonchev–Trinajstić information content (AvgIpc) is 3.54. The molecule has 11 heteroatoms. The Hall–Kier alpha value is -3.60. The van der Waals surface area contributed by atoms with E-state index < -0.39 is 12.4 Å². The number of aryl methyl sites for hydroxylation is 1. The zero-order valence-corrected chi connectivity index (χ0v) is 21.2. The van der Waals surface area contributed by atoms with Gasteiger partial charge in [-0.1, -0.05) is 0 Å². The highest BCUT2D eigenvalue weighted by Gasteiger charge is 2.30. The summed E-state index contributed by atoms with van der Waals surface area (Å²) < 4.78 is 49.2. The average molecular weight is 527 g/mol.